The first kappa shape index (κ1) is 72.5. The number of aliphatic hydroxyl groups excluding tert-OH is 2. The Kier molecular flexibility index (Phi) is 28.9. The zero-order chi connectivity index (χ0) is 70.1. The molecule has 0 unspecified atom stereocenters. The van der Waals surface area contributed by atoms with Gasteiger partial charge in [-0.25, -0.2) is 9.97 Å². The molecule has 0 saturated carbocycles. The van der Waals surface area contributed by atoms with Gasteiger partial charge < -0.3 is 39.0 Å². The van der Waals surface area contributed by atoms with E-state index in [9.17, 15) is 13.2 Å². The van der Waals surface area contributed by atoms with Crippen molar-refractivity contribution in [2.75, 3.05) is 14.2 Å². The molecule has 0 amide bonds. The summed E-state index contributed by atoms with van der Waals surface area (Å²) in [5.41, 5.74) is 9.89. The van der Waals surface area contributed by atoms with Gasteiger partial charge in [0.25, 0.3) is 0 Å². The summed E-state index contributed by atoms with van der Waals surface area (Å²) in [5.74, 6) is 0.546. The number of hydrogen-bond donors (Lipinski definition) is 3. The number of benzene rings is 5. The van der Waals surface area contributed by atoms with Crippen molar-refractivity contribution in [2.24, 2.45) is 0 Å². The van der Waals surface area contributed by atoms with E-state index >= 15 is 0 Å². The van der Waals surface area contributed by atoms with Gasteiger partial charge in [0.1, 0.15) is 5.58 Å². The largest absolute Gasteiger partial charge is 0.522 e. The van der Waals surface area contributed by atoms with E-state index in [0.29, 0.717) is 39.7 Å². The molecule has 0 saturated heterocycles. The fourth-order valence-electron chi connectivity index (χ4n) is 9.21. The van der Waals surface area contributed by atoms with E-state index in [2.05, 4.69) is 98.1 Å². The molecule has 498 valence electrons. The number of furan rings is 2. The standard InChI is InChI=1S/C20H18N2O.C20H17N2O.3C11H8N.CHF3O3S.2CH4O.2Ir/c2*1-12(2)17-11-22-18(10-13(17)3)16-7-4-6-14-15-8-5-9-21-20(15)23-19(14)16;3*1-2-6-10(7-3-1)11-8-4-5-9-12-11;2-1(3,4)8(5,6)7;2*1-2;;/h4-12H,1-3H3;4-6,8-12H,1-3H3;3*1-6,8-9H;(H,5,6,7);2*2H,1H3;;/q;4*-1;;;;;/i;3D3;;;;;;;;. The molecular weight excluding hydrogens is 1600 g/mol. The number of para-hydroxylation sites is 1. The van der Waals surface area contributed by atoms with Crippen LogP contribution < -0.4 is 0 Å². The number of aromatic nitrogens is 7. The van der Waals surface area contributed by atoms with E-state index in [4.69, 9.17) is 36.1 Å². The van der Waals surface area contributed by atoms with Gasteiger partial charge in [-0.2, -0.15) is 21.6 Å². The molecule has 0 atom stereocenters. The minimum Gasteiger partial charge on any atom is -0.486 e. The van der Waals surface area contributed by atoms with Crippen molar-refractivity contribution in [2.45, 2.75) is 58.8 Å². The minimum absolute atomic E-state index is 0. The van der Waals surface area contributed by atoms with E-state index in [0.717, 1.165) is 91.9 Å². The molecule has 20 heteroatoms. The number of rotatable bonds is 7. The summed E-state index contributed by atoms with van der Waals surface area (Å²) in [6.45, 7) is 8.24. The Bertz CT molecular complexity index is 4550. The van der Waals surface area contributed by atoms with Crippen LogP contribution in [0.2, 0.25) is 0 Å². The minimum atomic E-state index is -5.84. The van der Waals surface area contributed by atoms with Crippen LogP contribution in [0.25, 0.3) is 100 Å². The number of halogens is 3. The second kappa shape index (κ2) is 38.3. The third-order valence-electron chi connectivity index (χ3n) is 13.6. The molecule has 0 aliphatic rings. The van der Waals surface area contributed by atoms with Gasteiger partial charge in [-0.15, -0.1) is 126 Å². The molecule has 3 N–H and O–H groups in total. The summed E-state index contributed by atoms with van der Waals surface area (Å²) in [7, 11) is -3.84. The molecule has 9 heterocycles. The van der Waals surface area contributed by atoms with Gasteiger partial charge in [-0.05, 0) is 120 Å². The van der Waals surface area contributed by atoms with Gasteiger partial charge >= 0.3 is 15.6 Å². The van der Waals surface area contributed by atoms with Crippen molar-refractivity contribution >= 4 is 54.3 Å². The van der Waals surface area contributed by atoms with Crippen LogP contribution in [-0.4, -0.2) is 77.8 Å². The van der Waals surface area contributed by atoms with Crippen molar-refractivity contribution in [3.63, 3.8) is 0 Å². The van der Waals surface area contributed by atoms with E-state index in [1.807, 2.05) is 184 Å². The first-order chi connectivity index (χ1) is 46.7. The van der Waals surface area contributed by atoms with Crippen molar-refractivity contribution in [3.8, 4) is 56.3 Å². The van der Waals surface area contributed by atoms with Crippen molar-refractivity contribution in [1.82, 2.24) is 34.9 Å². The van der Waals surface area contributed by atoms with Crippen molar-refractivity contribution in [3.05, 3.63) is 284 Å². The average Bonchev–Trinajstić information content (AvgIpc) is 1.70. The smallest absolute Gasteiger partial charge is 0.486 e. The molecule has 2 radical (unpaired) electrons. The number of pyridine rings is 7. The monoisotopic (exact) mass is 1670 g/mol. The number of aryl methyl sites for hydroxylation is 2. The number of aliphatic hydroxyl groups is 2. The van der Waals surface area contributed by atoms with Gasteiger partial charge in [0.05, 0.1) is 11.3 Å². The topological polar surface area (TPSA) is 211 Å². The zero-order valence-electron chi connectivity index (χ0n) is 56.0. The van der Waals surface area contributed by atoms with Crippen LogP contribution in [0.5, 0.6) is 0 Å². The fourth-order valence-corrected chi connectivity index (χ4v) is 9.21. The summed E-state index contributed by atoms with van der Waals surface area (Å²) < 4.78 is 93.1. The van der Waals surface area contributed by atoms with Gasteiger partial charge in [0, 0.05) is 124 Å². The van der Waals surface area contributed by atoms with Crippen LogP contribution in [-0.2, 0) is 50.3 Å². The maximum atomic E-state index is 10.7. The van der Waals surface area contributed by atoms with Crippen LogP contribution >= 0.6 is 0 Å². The van der Waals surface area contributed by atoms with Crippen LogP contribution in [0.1, 0.15) is 65.9 Å². The third-order valence-corrected chi connectivity index (χ3v) is 14.2. The normalized spacial score (nSPS) is 11.1. The Hall–Kier alpha value is -9.33. The second-order valence-corrected chi connectivity index (χ2v) is 21.9. The Morgan fingerprint density at radius 1 is 0.448 bits per heavy atom. The predicted octanol–water partition coefficient (Wildman–Crippen LogP) is 18.0. The molecule has 0 aliphatic carbocycles. The summed E-state index contributed by atoms with van der Waals surface area (Å²) in [4.78, 5) is 30.4. The Balaban J connectivity index is 0.000000221. The summed E-state index contributed by atoms with van der Waals surface area (Å²) in [5, 5.41) is 17.9. The number of nitrogens with zero attached hydrogens (tertiary/aromatic N) is 7. The summed E-state index contributed by atoms with van der Waals surface area (Å²) in [6.07, 6.45) is 12.4. The van der Waals surface area contributed by atoms with E-state index < -0.39 is 22.5 Å². The van der Waals surface area contributed by atoms with E-state index in [1.54, 1.807) is 49.3 Å². The first-order valence-corrected chi connectivity index (χ1v) is 30.6. The SMILES string of the molecule is CO.CO.Cc1cc(-c2cccc3c2oc2ncccc23)ncc1C(C)C.O=S(=O)(O)C(F)(F)F.[2H]C([2H])([2H])c1cc(-c2[c-]ccc3c2oc2ncccc23)ncc1C(C)C.[Ir].[Ir].[c-]1ccccc1-c1ccccn1.[c-]1ccccc1-c1ccccn1.[c-]1ccccc1-c1ccccn1. The molecule has 0 aliphatic heterocycles. The molecule has 14 nitrogen and oxygen atoms in total. The van der Waals surface area contributed by atoms with Crippen LogP contribution in [0.3, 0.4) is 0 Å². The molecular formula is C76H68F3Ir2N7O7S-4. The van der Waals surface area contributed by atoms with Crippen molar-refractivity contribution < 1.29 is 89.5 Å². The van der Waals surface area contributed by atoms with E-state index in [-0.39, 0.29) is 46.1 Å². The van der Waals surface area contributed by atoms with Crippen LogP contribution in [0.15, 0.2) is 246 Å². The Morgan fingerprint density at radius 2 is 0.844 bits per heavy atom. The molecule has 14 aromatic rings. The number of fused-ring (bicyclic) bond motifs is 6. The summed E-state index contributed by atoms with van der Waals surface area (Å²) in [6, 6.07) is 75.0. The quantitative estimate of drug-likeness (QED) is 0.0770. The number of alkyl halides is 3. The Labute approximate surface area is 588 Å². The summed E-state index contributed by atoms with van der Waals surface area (Å²) >= 11 is 0. The second-order valence-electron chi connectivity index (χ2n) is 20.5. The van der Waals surface area contributed by atoms with Gasteiger partial charge in [0.2, 0.25) is 11.4 Å². The molecule has 0 spiro atoms. The van der Waals surface area contributed by atoms with Gasteiger partial charge in [-0.1, -0.05) is 98.8 Å². The predicted molar refractivity (Wildman–Crippen MR) is 365 cm³/mol. The molecule has 9 aromatic heterocycles. The molecule has 0 bridgehead atoms. The van der Waals surface area contributed by atoms with Crippen LogP contribution in [0, 0.1) is 38.0 Å². The molecule has 0 fully saturated rings. The van der Waals surface area contributed by atoms with Crippen molar-refractivity contribution in [1.29, 1.82) is 0 Å². The number of hydrogen-bond acceptors (Lipinski definition) is 13. The molecule has 14 rings (SSSR count). The maximum Gasteiger partial charge on any atom is 0.522 e. The Morgan fingerprint density at radius 3 is 1.24 bits per heavy atom. The maximum absolute atomic E-state index is 10.7. The van der Waals surface area contributed by atoms with Crippen LogP contribution in [0.4, 0.5) is 13.2 Å². The average molecular weight is 1670 g/mol. The van der Waals surface area contributed by atoms with Gasteiger partial charge in [0.15, 0.2) is 0 Å². The zero-order valence-corrected chi connectivity index (χ0v) is 58.6. The molecule has 5 aromatic carbocycles. The van der Waals surface area contributed by atoms with Gasteiger partial charge in [-0.3, -0.25) is 9.54 Å². The third kappa shape index (κ3) is 21.1. The molecule has 96 heavy (non-hydrogen) atoms. The van der Waals surface area contributed by atoms with E-state index in [1.165, 1.54) is 11.1 Å². The first-order valence-electron chi connectivity index (χ1n) is 30.7. The fraction of sp³-hybridized carbons (Fsp3) is 0.145.